The molecule has 1 N–H and O–H groups in total. The Hall–Kier alpha value is -2.66. The van der Waals surface area contributed by atoms with Gasteiger partial charge in [0.2, 0.25) is 11.8 Å². The molecule has 5 nitrogen and oxygen atoms in total. The van der Waals surface area contributed by atoms with Crippen LogP contribution in [-0.4, -0.2) is 49.1 Å². The van der Waals surface area contributed by atoms with Crippen molar-refractivity contribution in [3.8, 4) is 0 Å². The predicted molar refractivity (Wildman–Crippen MR) is 114 cm³/mol. The van der Waals surface area contributed by atoms with Crippen LogP contribution in [-0.2, 0) is 14.3 Å². The lowest BCUT2D eigenvalue weighted by atomic mass is 9.90. The molecule has 2 amide bonds. The molecule has 1 saturated heterocycles. The molecule has 0 aliphatic carbocycles. The average molecular weight is 395 g/mol. The summed E-state index contributed by atoms with van der Waals surface area (Å²) in [6.45, 7) is 6.37. The molecule has 0 spiro atoms. The van der Waals surface area contributed by atoms with E-state index in [2.05, 4.69) is 19.2 Å². The van der Waals surface area contributed by atoms with E-state index in [1.165, 1.54) is 0 Å². The summed E-state index contributed by atoms with van der Waals surface area (Å²) >= 11 is 0. The number of hydrogen-bond donors (Lipinski definition) is 1. The van der Waals surface area contributed by atoms with Gasteiger partial charge >= 0.3 is 0 Å². The number of nitrogens with one attached hydrogen (secondary N) is 1. The molecule has 3 rings (SSSR count). The number of nitrogens with zero attached hydrogens (tertiary/aromatic N) is 1. The third-order valence-corrected chi connectivity index (χ3v) is 5.17. The molecule has 0 unspecified atom stereocenters. The third-order valence-electron chi connectivity index (χ3n) is 5.17. The lowest BCUT2D eigenvalue weighted by Crippen LogP contribution is -2.53. The zero-order valence-electron chi connectivity index (χ0n) is 17.2. The summed E-state index contributed by atoms with van der Waals surface area (Å²) in [7, 11) is 0. The van der Waals surface area contributed by atoms with Gasteiger partial charge in [0.25, 0.3) is 0 Å². The molecule has 2 aromatic rings. The van der Waals surface area contributed by atoms with Crippen molar-refractivity contribution in [2.75, 3.05) is 26.3 Å². The van der Waals surface area contributed by atoms with Crippen molar-refractivity contribution in [3.05, 3.63) is 71.8 Å². The molecule has 1 heterocycles. The van der Waals surface area contributed by atoms with Crippen LogP contribution < -0.4 is 5.32 Å². The Morgan fingerprint density at radius 1 is 0.931 bits per heavy atom. The van der Waals surface area contributed by atoms with Gasteiger partial charge in [-0.15, -0.1) is 0 Å². The van der Waals surface area contributed by atoms with Gasteiger partial charge in [0.15, 0.2) is 0 Å². The maximum absolute atomic E-state index is 13.4. The Kier molecular flexibility index (Phi) is 7.42. The normalized spacial score (nSPS) is 15.4. The number of amides is 2. The first kappa shape index (κ1) is 21.1. The molecule has 1 aliphatic heterocycles. The largest absolute Gasteiger partial charge is 0.378 e. The van der Waals surface area contributed by atoms with E-state index in [1.54, 1.807) is 4.90 Å². The van der Waals surface area contributed by atoms with Gasteiger partial charge in [-0.1, -0.05) is 74.5 Å². The van der Waals surface area contributed by atoms with Gasteiger partial charge in [-0.2, -0.15) is 0 Å². The topological polar surface area (TPSA) is 58.6 Å². The zero-order chi connectivity index (χ0) is 20.6. The molecule has 154 valence electrons. The number of benzene rings is 2. The predicted octanol–water partition coefficient (Wildman–Crippen LogP) is 3.21. The number of carbonyl (C=O) groups excluding carboxylic acids is 2. The smallest absolute Gasteiger partial charge is 0.245 e. The lowest BCUT2D eigenvalue weighted by Gasteiger charge is -2.32. The second-order valence-corrected chi connectivity index (χ2v) is 7.88. The Labute approximate surface area is 173 Å². The quantitative estimate of drug-likeness (QED) is 0.785. The molecular formula is C24H30N2O3. The number of ether oxygens (including phenoxy) is 1. The Morgan fingerprint density at radius 3 is 1.93 bits per heavy atom. The van der Waals surface area contributed by atoms with Crippen molar-refractivity contribution in [3.63, 3.8) is 0 Å². The molecule has 0 radical (unpaired) electrons. The lowest BCUT2D eigenvalue weighted by molar-refractivity contribution is -0.140. The fourth-order valence-corrected chi connectivity index (χ4v) is 3.74. The van der Waals surface area contributed by atoms with Crippen molar-refractivity contribution in [1.82, 2.24) is 10.2 Å². The first-order chi connectivity index (χ1) is 14.1. The van der Waals surface area contributed by atoms with Crippen LogP contribution in [0.2, 0.25) is 0 Å². The average Bonchev–Trinajstić information content (AvgIpc) is 2.75. The van der Waals surface area contributed by atoms with Gasteiger partial charge in [0, 0.05) is 13.1 Å². The molecule has 1 atom stereocenters. The Morgan fingerprint density at radius 2 is 1.45 bits per heavy atom. The van der Waals surface area contributed by atoms with E-state index in [-0.39, 0.29) is 17.7 Å². The highest BCUT2D eigenvalue weighted by Crippen LogP contribution is 2.25. The van der Waals surface area contributed by atoms with E-state index in [4.69, 9.17) is 4.74 Å². The van der Waals surface area contributed by atoms with Crippen molar-refractivity contribution in [1.29, 1.82) is 0 Å². The fourth-order valence-electron chi connectivity index (χ4n) is 3.74. The standard InChI is InChI=1S/C24H30N2O3/c1-18(2)17-21(24(28)26-13-15-29-16-14-26)25-23(27)22(19-9-5-3-6-10-19)20-11-7-4-8-12-20/h3-12,18,21-22H,13-17H2,1-2H3,(H,25,27)/t21-/m0/s1. The molecule has 2 aromatic carbocycles. The molecule has 1 aliphatic rings. The Balaban J connectivity index is 1.84. The van der Waals surface area contributed by atoms with Crippen molar-refractivity contribution >= 4 is 11.8 Å². The molecule has 5 heteroatoms. The number of hydrogen-bond acceptors (Lipinski definition) is 3. The summed E-state index contributed by atoms with van der Waals surface area (Å²) in [6.07, 6.45) is 0.609. The van der Waals surface area contributed by atoms with E-state index < -0.39 is 12.0 Å². The molecule has 29 heavy (non-hydrogen) atoms. The maximum atomic E-state index is 13.4. The van der Waals surface area contributed by atoms with Gasteiger partial charge in [-0.25, -0.2) is 0 Å². The number of morpholine rings is 1. The van der Waals surface area contributed by atoms with Crippen LogP contribution in [0.1, 0.15) is 37.3 Å². The summed E-state index contributed by atoms with van der Waals surface area (Å²) in [5, 5.41) is 3.07. The van der Waals surface area contributed by atoms with Crippen LogP contribution in [0.5, 0.6) is 0 Å². The molecule has 0 saturated carbocycles. The molecular weight excluding hydrogens is 364 g/mol. The van der Waals surface area contributed by atoms with Crippen molar-refractivity contribution in [2.24, 2.45) is 5.92 Å². The van der Waals surface area contributed by atoms with E-state index in [9.17, 15) is 9.59 Å². The first-order valence-electron chi connectivity index (χ1n) is 10.3. The van der Waals surface area contributed by atoms with E-state index in [0.717, 1.165) is 11.1 Å². The van der Waals surface area contributed by atoms with Crippen molar-refractivity contribution in [2.45, 2.75) is 32.2 Å². The molecule has 0 aromatic heterocycles. The van der Waals surface area contributed by atoms with Gasteiger partial charge < -0.3 is 15.0 Å². The van der Waals surface area contributed by atoms with E-state index >= 15 is 0 Å². The first-order valence-corrected chi connectivity index (χ1v) is 10.3. The minimum atomic E-state index is -0.532. The minimum absolute atomic E-state index is 0.0183. The highest BCUT2D eigenvalue weighted by molar-refractivity contribution is 5.92. The van der Waals surface area contributed by atoms with Crippen LogP contribution in [0.15, 0.2) is 60.7 Å². The van der Waals surface area contributed by atoms with Gasteiger partial charge in [0.05, 0.1) is 19.1 Å². The van der Waals surface area contributed by atoms with Crippen LogP contribution in [0.3, 0.4) is 0 Å². The SMILES string of the molecule is CC(C)C[C@H](NC(=O)C(c1ccccc1)c1ccccc1)C(=O)N1CCOCC1. The second kappa shape index (κ2) is 10.2. The molecule has 1 fully saturated rings. The van der Waals surface area contributed by atoms with E-state index in [1.807, 2.05) is 60.7 Å². The van der Waals surface area contributed by atoms with Crippen molar-refractivity contribution < 1.29 is 14.3 Å². The highest BCUT2D eigenvalue weighted by Gasteiger charge is 2.31. The monoisotopic (exact) mass is 394 g/mol. The summed E-state index contributed by atoms with van der Waals surface area (Å²) in [4.78, 5) is 28.3. The minimum Gasteiger partial charge on any atom is -0.378 e. The van der Waals surface area contributed by atoms with Crippen LogP contribution in [0, 0.1) is 5.92 Å². The summed E-state index contributed by atoms with van der Waals surface area (Å²) in [5.41, 5.74) is 1.83. The number of carbonyl (C=O) groups is 2. The van der Waals surface area contributed by atoms with Gasteiger partial charge in [-0.3, -0.25) is 9.59 Å². The maximum Gasteiger partial charge on any atom is 0.245 e. The van der Waals surface area contributed by atoms with Crippen LogP contribution in [0.25, 0.3) is 0 Å². The summed E-state index contributed by atoms with van der Waals surface area (Å²) in [6, 6.07) is 18.9. The zero-order valence-corrected chi connectivity index (χ0v) is 17.2. The van der Waals surface area contributed by atoms with Gasteiger partial charge in [0.1, 0.15) is 6.04 Å². The third kappa shape index (κ3) is 5.67. The highest BCUT2D eigenvalue weighted by atomic mass is 16.5. The number of rotatable bonds is 7. The van der Waals surface area contributed by atoms with Crippen LogP contribution in [0.4, 0.5) is 0 Å². The second-order valence-electron chi connectivity index (χ2n) is 7.88. The summed E-state index contributed by atoms with van der Waals surface area (Å²) in [5.74, 6) is -0.327. The van der Waals surface area contributed by atoms with E-state index in [0.29, 0.717) is 32.7 Å². The Bertz CT molecular complexity index is 747. The summed E-state index contributed by atoms with van der Waals surface area (Å²) < 4.78 is 5.36. The fraction of sp³-hybridized carbons (Fsp3) is 0.417. The molecule has 0 bridgehead atoms. The van der Waals surface area contributed by atoms with Gasteiger partial charge in [-0.05, 0) is 23.5 Å². The van der Waals surface area contributed by atoms with Crippen LogP contribution >= 0.6 is 0 Å².